The molecule has 2 aromatic heterocycles. The van der Waals surface area contributed by atoms with Gasteiger partial charge in [-0.15, -0.1) is 0 Å². The molecule has 1 atom stereocenters. The molecule has 0 aliphatic carbocycles. The molecule has 1 amide bonds. The van der Waals surface area contributed by atoms with Gasteiger partial charge in [0.2, 0.25) is 5.88 Å². The third-order valence-corrected chi connectivity index (χ3v) is 8.22. The Bertz CT molecular complexity index is 1770. The predicted molar refractivity (Wildman–Crippen MR) is 169 cm³/mol. The van der Waals surface area contributed by atoms with Gasteiger partial charge in [0.1, 0.15) is 5.56 Å². The number of rotatable bonds is 9. The number of carbonyl (C=O) groups excluding carboxylic acids is 2. The van der Waals surface area contributed by atoms with E-state index in [0.29, 0.717) is 42.0 Å². The van der Waals surface area contributed by atoms with Crippen molar-refractivity contribution >= 4 is 29.2 Å². The summed E-state index contributed by atoms with van der Waals surface area (Å²) in [5, 5.41) is 7.23. The van der Waals surface area contributed by atoms with E-state index < -0.39 is 11.5 Å². The van der Waals surface area contributed by atoms with Crippen LogP contribution in [0.5, 0.6) is 5.88 Å². The Hall–Kier alpha value is -4.54. The van der Waals surface area contributed by atoms with Crippen molar-refractivity contribution in [1.82, 2.24) is 19.7 Å². The van der Waals surface area contributed by atoms with Crippen molar-refractivity contribution in [3.63, 3.8) is 0 Å². The molecule has 2 aromatic carbocycles. The summed E-state index contributed by atoms with van der Waals surface area (Å²) in [5.74, 6) is -0.290. The normalized spacial score (nSPS) is 14.8. The zero-order valence-electron chi connectivity index (χ0n) is 25.1. The van der Waals surface area contributed by atoms with Crippen LogP contribution in [0.2, 0.25) is 5.02 Å². The molecule has 0 radical (unpaired) electrons. The minimum Gasteiger partial charge on any atom is -0.481 e. The van der Waals surface area contributed by atoms with Crippen LogP contribution < -0.4 is 15.6 Å². The Balaban J connectivity index is 1.39. The van der Waals surface area contributed by atoms with Crippen molar-refractivity contribution in [3.05, 3.63) is 92.9 Å². The summed E-state index contributed by atoms with van der Waals surface area (Å²) in [6.45, 7) is 6.12. The number of esters is 1. The number of aromatic nitrogens is 3. The zero-order valence-corrected chi connectivity index (χ0v) is 25.9. The summed E-state index contributed by atoms with van der Waals surface area (Å²) in [4.78, 5) is 44.5. The van der Waals surface area contributed by atoms with Gasteiger partial charge < -0.3 is 14.8 Å². The van der Waals surface area contributed by atoms with E-state index in [9.17, 15) is 14.4 Å². The molecule has 1 unspecified atom stereocenters. The van der Waals surface area contributed by atoms with E-state index in [0.717, 1.165) is 45.5 Å². The highest BCUT2D eigenvalue weighted by molar-refractivity contribution is 6.36. The number of aryl methyl sites for hydroxylation is 1. The minimum atomic E-state index is -0.519. The van der Waals surface area contributed by atoms with Gasteiger partial charge in [-0.2, -0.15) is 5.10 Å². The predicted octanol–water partition coefficient (Wildman–Crippen LogP) is 5.12. The van der Waals surface area contributed by atoms with Gasteiger partial charge in [-0.25, -0.2) is 9.67 Å². The van der Waals surface area contributed by atoms with Gasteiger partial charge in [-0.1, -0.05) is 48.0 Å². The second kappa shape index (κ2) is 13.4. The van der Waals surface area contributed by atoms with Gasteiger partial charge in [0.25, 0.3) is 11.5 Å². The molecule has 10 nitrogen and oxygen atoms in total. The molecule has 1 saturated heterocycles. The number of halogens is 1. The van der Waals surface area contributed by atoms with E-state index in [4.69, 9.17) is 26.1 Å². The smallest absolute Gasteiger partial charge is 0.310 e. The molecule has 1 aliphatic rings. The maximum Gasteiger partial charge on any atom is 0.310 e. The second-order valence-electron chi connectivity index (χ2n) is 10.6. The minimum absolute atomic E-state index is 0.000603. The fourth-order valence-electron chi connectivity index (χ4n) is 5.46. The summed E-state index contributed by atoms with van der Waals surface area (Å²) >= 11 is 7.01. The molecule has 1 fully saturated rings. The maximum atomic E-state index is 12.9. The van der Waals surface area contributed by atoms with Crippen LogP contribution in [0.4, 0.5) is 5.69 Å². The maximum absolute atomic E-state index is 12.9. The van der Waals surface area contributed by atoms with Gasteiger partial charge in [0.15, 0.2) is 0 Å². The molecule has 44 heavy (non-hydrogen) atoms. The number of likely N-dealkylation sites (tertiary alicyclic amines) is 1. The van der Waals surface area contributed by atoms with E-state index in [2.05, 4.69) is 15.3 Å². The van der Waals surface area contributed by atoms with Gasteiger partial charge in [-0.3, -0.25) is 19.3 Å². The van der Waals surface area contributed by atoms with Crippen molar-refractivity contribution in [2.24, 2.45) is 13.0 Å². The van der Waals surface area contributed by atoms with Crippen LogP contribution in [0, 0.1) is 12.8 Å². The number of nitrogens with one attached hydrogen (secondary N) is 1. The molecule has 228 valence electrons. The Morgan fingerprint density at radius 2 is 1.82 bits per heavy atom. The monoisotopic (exact) mass is 615 g/mol. The summed E-state index contributed by atoms with van der Waals surface area (Å²) in [5.41, 5.74) is 4.75. The Labute approximate surface area is 260 Å². The number of carbonyl (C=O) groups is 2. The number of amides is 1. The van der Waals surface area contributed by atoms with Crippen LogP contribution in [0.3, 0.4) is 0 Å². The average Bonchev–Trinajstić information content (AvgIpc) is 3.49. The highest BCUT2D eigenvalue weighted by atomic mass is 35.5. The molecule has 0 saturated carbocycles. The number of ether oxygens (including phenoxy) is 2. The van der Waals surface area contributed by atoms with E-state index in [1.807, 2.05) is 56.3 Å². The van der Waals surface area contributed by atoms with E-state index in [-0.39, 0.29) is 17.5 Å². The van der Waals surface area contributed by atoms with Crippen LogP contribution in [0.1, 0.15) is 34.8 Å². The molecular formula is C33H34ClN5O5. The van der Waals surface area contributed by atoms with Crippen LogP contribution in [-0.2, 0) is 23.1 Å². The van der Waals surface area contributed by atoms with E-state index in [1.165, 1.54) is 19.3 Å². The first-order chi connectivity index (χ1) is 21.2. The third-order valence-electron chi connectivity index (χ3n) is 7.82. The SMILES string of the molecule is CCOC(=O)C1CCN(Cc2ccc(-c3cccc(-c4cccc(NC(=O)c5ccnn(C)c5=O)c4C)c3Cl)nc2OC)C1. The number of nitrogens with zero attached hydrogens (tertiary/aromatic N) is 4. The lowest BCUT2D eigenvalue weighted by atomic mass is 9.96. The fraction of sp³-hybridized carbons (Fsp3) is 0.303. The van der Waals surface area contributed by atoms with E-state index >= 15 is 0 Å². The summed E-state index contributed by atoms with van der Waals surface area (Å²) in [6, 6.07) is 16.5. The highest BCUT2D eigenvalue weighted by Gasteiger charge is 2.30. The Kier molecular flexibility index (Phi) is 9.41. The standard InChI is InChI=1S/C33H34ClN5O5/c1-5-44-33(42)22-15-17-39(19-22)18-21-12-13-28(37-31(21)43-4)25-10-6-9-24(29(25)34)23-8-7-11-27(20(23)2)36-30(40)26-14-16-35-38(3)32(26)41/h6-14,16,22H,5,15,17-19H2,1-4H3,(H,36,40). The van der Waals surface area contributed by atoms with Crippen molar-refractivity contribution in [3.8, 4) is 28.3 Å². The average molecular weight is 616 g/mol. The number of methoxy groups -OCH3 is 1. The first kappa shape index (κ1) is 30.9. The topological polar surface area (TPSA) is 116 Å². The number of hydrogen-bond acceptors (Lipinski definition) is 8. The second-order valence-corrected chi connectivity index (χ2v) is 11.0. The summed E-state index contributed by atoms with van der Waals surface area (Å²) in [7, 11) is 3.08. The lowest BCUT2D eigenvalue weighted by Crippen LogP contribution is -2.28. The first-order valence-corrected chi connectivity index (χ1v) is 14.7. The van der Waals surface area contributed by atoms with E-state index in [1.54, 1.807) is 13.2 Å². The van der Waals surface area contributed by atoms with Gasteiger partial charge in [0, 0.05) is 48.7 Å². The molecular weight excluding hydrogens is 582 g/mol. The zero-order chi connectivity index (χ0) is 31.4. The van der Waals surface area contributed by atoms with Crippen molar-refractivity contribution < 1.29 is 19.1 Å². The number of benzene rings is 2. The Morgan fingerprint density at radius 3 is 2.59 bits per heavy atom. The largest absolute Gasteiger partial charge is 0.481 e. The van der Waals surface area contributed by atoms with Gasteiger partial charge in [-0.05, 0) is 56.1 Å². The molecule has 0 spiro atoms. The quantitative estimate of drug-likeness (QED) is 0.258. The van der Waals surface area contributed by atoms with Crippen molar-refractivity contribution in [2.45, 2.75) is 26.8 Å². The Morgan fingerprint density at radius 1 is 1.07 bits per heavy atom. The molecule has 0 bridgehead atoms. The number of pyridine rings is 1. The van der Waals surface area contributed by atoms with Crippen molar-refractivity contribution in [2.75, 3.05) is 32.1 Å². The molecule has 1 N–H and O–H groups in total. The number of hydrogen-bond donors (Lipinski definition) is 1. The molecule has 11 heteroatoms. The van der Waals surface area contributed by atoms with Crippen molar-refractivity contribution in [1.29, 1.82) is 0 Å². The van der Waals surface area contributed by atoms with Crippen LogP contribution in [0.15, 0.2) is 65.6 Å². The van der Waals surface area contributed by atoms with Crippen LogP contribution >= 0.6 is 11.6 Å². The number of anilines is 1. The van der Waals surface area contributed by atoms with Crippen LogP contribution in [-0.4, -0.2) is 58.3 Å². The molecule has 5 rings (SSSR count). The fourth-order valence-corrected chi connectivity index (χ4v) is 5.78. The first-order valence-electron chi connectivity index (χ1n) is 14.4. The lowest BCUT2D eigenvalue weighted by Gasteiger charge is -2.18. The lowest BCUT2D eigenvalue weighted by molar-refractivity contribution is -0.147. The van der Waals surface area contributed by atoms with Crippen LogP contribution in [0.25, 0.3) is 22.4 Å². The summed E-state index contributed by atoms with van der Waals surface area (Å²) in [6.07, 6.45) is 2.18. The van der Waals surface area contributed by atoms with Gasteiger partial charge in [0.05, 0.1) is 30.4 Å². The summed E-state index contributed by atoms with van der Waals surface area (Å²) < 4.78 is 12.0. The molecule has 4 aromatic rings. The molecule has 1 aliphatic heterocycles. The van der Waals surface area contributed by atoms with Gasteiger partial charge >= 0.3 is 5.97 Å². The third kappa shape index (κ3) is 6.36. The molecule has 3 heterocycles. The highest BCUT2D eigenvalue weighted by Crippen LogP contribution is 2.39.